The van der Waals surface area contributed by atoms with Gasteiger partial charge in [0.05, 0.1) is 6.42 Å². The molecule has 0 aromatic heterocycles. The number of hydrogen-bond acceptors (Lipinski definition) is 1. The van der Waals surface area contributed by atoms with Crippen molar-refractivity contribution in [3.63, 3.8) is 0 Å². The van der Waals surface area contributed by atoms with Crippen molar-refractivity contribution in [3.8, 4) is 0 Å². The van der Waals surface area contributed by atoms with E-state index in [9.17, 15) is 22.4 Å². The molecule has 0 aliphatic carbocycles. The zero-order valence-electron chi connectivity index (χ0n) is 7.94. The highest BCUT2D eigenvalue weighted by Crippen LogP contribution is 2.24. The second-order valence-corrected chi connectivity index (χ2v) is 4.32. The normalized spacial score (nSPS) is 11.6. The number of halogens is 5. The molecule has 16 heavy (non-hydrogen) atoms. The van der Waals surface area contributed by atoms with Gasteiger partial charge in [-0.1, -0.05) is 0 Å². The molecule has 0 heterocycles. The molecule has 1 aromatic carbocycles. The van der Waals surface area contributed by atoms with Gasteiger partial charge in [0.15, 0.2) is 5.78 Å². The lowest BCUT2D eigenvalue weighted by Gasteiger charge is -2.06. The summed E-state index contributed by atoms with van der Waals surface area (Å²) in [7, 11) is 0. The molecule has 1 aromatic rings. The van der Waals surface area contributed by atoms with E-state index in [1.54, 1.807) is 22.6 Å². The molecule has 1 rings (SSSR count). The third-order valence-corrected chi connectivity index (χ3v) is 2.76. The molecule has 0 saturated heterocycles. The van der Waals surface area contributed by atoms with Gasteiger partial charge in [-0.25, -0.2) is 4.39 Å². The fraction of sp³-hybridized carbons (Fsp3) is 0.300. The maximum absolute atomic E-state index is 12.7. The second kappa shape index (κ2) is 5.11. The van der Waals surface area contributed by atoms with Crippen molar-refractivity contribution in [2.75, 3.05) is 0 Å². The largest absolute Gasteiger partial charge is 0.389 e. The number of ketones is 1. The molecular formula is C10H7F4IO. The number of alkyl halides is 3. The van der Waals surface area contributed by atoms with Gasteiger partial charge in [0.1, 0.15) is 5.82 Å². The Bertz CT molecular complexity index is 400. The van der Waals surface area contributed by atoms with Crippen molar-refractivity contribution in [1.82, 2.24) is 0 Å². The maximum Gasteiger partial charge on any atom is 0.389 e. The lowest BCUT2D eigenvalue weighted by atomic mass is 10.1. The molecule has 0 radical (unpaired) electrons. The molecule has 0 fully saturated rings. The Hall–Kier alpha value is -0.660. The van der Waals surface area contributed by atoms with Crippen LogP contribution in [0.15, 0.2) is 18.2 Å². The van der Waals surface area contributed by atoms with E-state index in [0.717, 1.165) is 12.1 Å². The van der Waals surface area contributed by atoms with Crippen LogP contribution in [0.3, 0.4) is 0 Å². The number of benzene rings is 1. The number of hydrogen-bond donors (Lipinski definition) is 0. The van der Waals surface area contributed by atoms with E-state index in [1.807, 2.05) is 0 Å². The molecule has 0 spiro atoms. The number of Topliss-reactive ketones (excluding diaryl/α,β-unsaturated/α-hetero) is 1. The highest BCUT2D eigenvalue weighted by atomic mass is 127. The molecule has 0 aliphatic rings. The average molecular weight is 346 g/mol. The molecule has 6 heteroatoms. The Labute approximate surface area is 103 Å². The van der Waals surface area contributed by atoms with Gasteiger partial charge < -0.3 is 0 Å². The third-order valence-electron chi connectivity index (χ3n) is 1.87. The summed E-state index contributed by atoms with van der Waals surface area (Å²) in [6.45, 7) is 0. The molecule has 0 bridgehead atoms. The topological polar surface area (TPSA) is 17.1 Å². The Morgan fingerprint density at radius 3 is 2.44 bits per heavy atom. The van der Waals surface area contributed by atoms with Gasteiger partial charge in [-0.05, 0) is 40.8 Å². The van der Waals surface area contributed by atoms with Gasteiger partial charge in [0, 0.05) is 15.6 Å². The van der Waals surface area contributed by atoms with Gasteiger partial charge in [0.25, 0.3) is 0 Å². The van der Waals surface area contributed by atoms with Crippen molar-refractivity contribution in [3.05, 3.63) is 33.1 Å². The minimum atomic E-state index is -4.35. The minimum absolute atomic E-state index is 0.131. The zero-order chi connectivity index (χ0) is 12.3. The van der Waals surface area contributed by atoms with Crippen LogP contribution in [-0.2, 0) is 0 Å². The predicted octanol–water partition coefficient (Wildman–Crippen LogP) is 3.96. The lowest BCUT2D eigenvalue weighted by Crippen LogP contribution is -2.11. The average Bonchev–Trinajstić information content (AvgIpc) is 2.13. The smallest absolute Gasteiger partial charge is 0.294 e. The molecule has 0 aliphatic heterocycles. The highest BCUT2D eigenvalue weighted by molar-refractivity contribution is 14.1. The van der Waals surface area contributed by atoms with Crippen molar-refractivity contribution >= 4 is 28.4 Å². The Morgan fingerprint density at radius 2 is 1.94 bits per heavy atom. The van der Waals surface area contributed by atoms with Gasteiger partial charge in [0.2, 0.25) is 0 Å². The SMILES string of the molecule is O=C(CCC(F)(F)F)c1ccc(F)cc1I. The molecule has 1 nitrogen and oxygen atoms in total. The van der Waals surface area contributed by atoms with Crippen LogP contribution in [0.1, 0.15) is 23.2 Å². The van der Waals surface area contributed by atoms with Crippen LogP contribution in [0.4, 0.5) is 17.6 Å². The van der Waals surface area contributed by atoms with E-state index in [-0.39, 0.29) is 5.56 Å². The van der Waals surface area contributed by atoms with Crippen LogP contribution < -0.4 is 0 Å². The van der Waals surface area contributed by atoms with Crippen molar-refractivity contribution in [2.24, 2.45) is 0 Å². The summed E-state index contributed by atoms with van der Waals surface area (Å²) in [5.41, 5.74) is 0.131. The summed E-state index contributed by atoms with van der Waals surface area (Å²) in [5.74, 6) is -1.14. The summed E-state index contributed by atoms with van der Waals surface area (Å²) in [5, 5.41) is 0. The minimum Gasteiger partial charge on any atom is -0.294 e. The van der Waals surface area contributed by atoms with E-state index >= 15 is 0 Å². The fourth-order valence-corrected chi connectivity index (χ4v) is 1.88. The zero-order valence-corrected chi connectivity index (χ0v) is 10.1. The molecule has 0 unspecified atom stereocenters. The van der Waals surface area contributed by atoms with Crippen molar-refractivity contribution in [1.29, 1.82) is 0 Å². The van der Waals surface area contributed by atoms with Gasteiger partial charge in [-0.2, -0.15) is 13.2 Å². The number of carbonyl (C=O) groups excluding carboxylic acids is 1. The molecule has 0 N–H and O–H groups in total. The second-order valence-electron chi connectivity index (χ2n) is 3.16. The van der Waals surface area contributed by atoms with E-state index in [1.165, 1.54) is 6.07 Å². The summed E-state index contributed by atoms with van der Waals surface area (Å²) in [6.07, 6.45) is -6.11. The maximum atomic E-state index is 12.7. The predicted molar refractivity (Wildman–Crippen MR) is 58.7 cm³/mol. The van der Waals surface area contributed by atoms with Crippen LogP contribution >= 0.6 is 22.6 Å². The van der Waals surface area contributed by atoms with Crippen LogP contribution in [0.5, 0.6) is 0 Å². The summed E-state index contributed by atoms with van der Waals surface area (Å²) >= 11 is 1.72. The first-order chi connectivity index (χ1) is 7.29. The fourth-order valence-electron chi connectivity index (χ4n) is 1.11. The van der Waals surface area contributed by atoms with Crippen LogP contribution in [0.2, 0.25) is 0 Å². The van der Waals surface area contributed by atoms with Gasteiger partial charge in [-0.3, -0.25) is 4.79 Å². The Balaban J connectivity index is 2.74. The van der Waals surface area contributed by atoms with E-state index < -0.39 is 30.6 Å². The molecule has 88 valence electrons. The number of rotatable bonds is 3. The van der Waals surface area contributed by atoms with Crippen LogP contribution in [0, 0.1) is 9.39 Å². The van der Waals surface area contributed by atoms with Gasteiger partial charge >= 0.3 is 6.18 Å². The first-order valence-corrected chi connectivity index (χ1v) is 5.42. The number of carbonyl (C=O) groups is 1. The molecule has 0 amide bonds. The van der Waals surface area contributed by atoms with E-state index in [2.05, 4.69) is 0 Å². The van der Waals surface area contributed by atoms with E-state index in [4.69, 9.17) is 0 Å². The molecular weight excluding hydrogens is 339 g/mol. The quantitative estimate of drug-likeness (QED) is 0.460. The summed E-state index contributed by atoms with van der Waals surface area (Å²) in [6, 6.07) is 3.38. The highest BCUT2D eigenvalue weighted by Gasteiger charge is 2.28. The molecule has 0 atom stereocenters. The lowest BCUT2D eigenvalue weighted by molar-refractivity contribution is -0.133. The Kier molecular flexibility index (Phi) is 4.28. The molecule has 0 saturated carbocycles. The standard InChI is InChI=1S/C10H7F4IO/c11-6-1-2-7(8(15)5-6)9(16)3-4-10(12,13)14/h1-2,5H,3-4H2. The van der Waals surface area contributed by atoms with Crippen LogP contribution in [-0.4, -0.2) is 12.0 Å². The van der Waals surface area contributed by atoms with Crippen molar-refractivity contribution in [2.45, 2.75) is 19.0 Å². The van der Waals surface area contributed by atoms with Crippen molar-refractivity contribution < 1.29 is 22.4 Å². The summed E-state index contributed by atoms with van der Waals surface area (Å²) < 4.78 is 48.7. The summed E-state index contributed by atoms with van der Waals surface area (Å²) in [4.78, 5) is 11.4. The van der Waals surface area contributed by atoms with Crippen LogP contribution in [0.25, 0.3) is 0 Å². The third kappa shape index (κ3) is 4.07. The first kappa shape index (κ1) is 13.4. The first-order valence-electron chi connectivity index (χ1n) is 4.34. The van der Waals surface area contributed by atoms with E-state index in [0.29, 0.717) is 3.57 Å². The Morgan fingerprint density at radius 1 is 1.31 bits per heavy atom. The van der Waals surface area contributed by atoms with Gasteiger partial charge in [-0.15, -0.1) is 0 Å². The monoisotopic (exact) mass is 346 g/mol.